The van der Waals surface area contributed by atoms with Crippen LogP contribution in [0.25, 0.3) is 0 Å². The van der Waals surface area contributed by atoms with Crippen LogP contribution in [0.5, 0.6) is 0 Å². The maximum absolute atomic E-state index is 10.3. The monoisotopic (exact) mass is 337 g/mol. The number of hydrogen-bond acceptors (Lipinski definition) is 2. The molecule has 0 amide bonds. The average molecular weight is 337 g/mol. The van der Waals surface area contributed by atoms with E-state index in [1.807, 2.05) is 13.8 Å². The van der Waals surface area contributed by atoms with Crippen molar-refractivity contribution in [2.24, 2.45) is 4.99 Å². The molecule has 0 aromatic carbocycles. The van der Waals surface area contributed by atoms with Gasteiger partial charge in [-0.3, -0.25) is 5.70 Å². The summed E-state index contributed by atoms with van der Waals surface area (Å²) in [5.74, 6) is -0.105. The average Bonchev–Trinajstić information content (AvgIpc) is 1.91. The number of allylic oxidation sites excluding steroid dienone is 2. The van der Waals surface area contributed by atoms with Crippen molar-refractivity contribution < 1.29 is 25.9 Å². The van der Waals surface area contributed by atoms with Crippen LogP contribution in [0.4, 0.5) is 0 Å². The first-order valence-electron chi connectivity index (χ1n) is 3.65. The Kier molecular flexibility index (Phi) is 19.8. The Morgan fingerprint density at radius 2 is 1.67 bits per heavy atom. The second kappa shape index (κ2) is 13.4. The molecule has 0 aliphatic rings. The summed E-state index contributed by atoms with van der Waals surface area (Å²) in [6.45, 7) is 8.82. The molecule has 12 heavy (non-hydrogen) atoms. The number of Topliss-reactive ketones (excluding diaryl/α,β-unsaturated/α-hetero) is 1. The van der Waals surface area contributed by atoms with Crippen molar-refractivity contribution in [3.63, 3.8) is 0 Å². The summed E-state index contributed by atoms with van der Waals surface area (Å²) in [6, 6.07) is 0. The molecule has 2 nitrogen and oxygen atoms in total. The number of ketones is 1. The molecule has 0 saturated heterocycles. The van der Waals surface area contributed by atoms with Gasteiger partial charge in [0.25, 0.3) is 0 Å². The molecule has 68 valence electrons. The molecular formula is C9H15NOW. The topological polar surface area (TPSA) is 29.4 Å². The van der Waals surface area contributed by atoms with Gasteiger partial charge >= 0.3 is 21.1 Å². The number of rotatable bonds is 2. The minimum absolute atomic E-state index is 0. The van der Waals surface area contributed by atoms with E-state index in [4.69, 9.17) is 0 Å². The zero-order valence-corrected chi connectivity index (χ0v) is 11.2. The third-order valence-corrected chi connectivity index (χ3v) is 0.636. The van der Waals surface area contributed by atoms with Crippen LogP contribution in [-0.4, -0.2) is 12.0 Å². The Morgan fingerprint density at radius 1 is 1.25 bits per heavy atom. The third kappa shape index (κ3) is 16.4. The molecule has 0 aromatic heterocycles. The normalized spacial score (nSPS) is 9.92. The van der Waals surface area contributed by atoms with Gasteiger partial charge in [-0.25, -0.2) is 0 Å². The Hall–Kier alpha value is -0.232. The van der Waals surface area contributed by atoms with Crippen molar-refractivity contribution in [2.45, 2.75) is 34.6 Å². The van der Waals surface area contributed by atoms with Crippen molar-refractivity contribution in [1.29, 1.82) is 0 Å². The summed E-state index contributed by atoms with van der Waals surface area (Å²) in [5, 5.41) is 0. The summed E-state index contributed by atoms with van der Waals surface area (Å²) in [7, 11) is 0. The molecule has 3 heteroatoms. The van der Waals surface area contributed by atoms with E-state index < -0.39 is 0 Å². The number of nitrogens with zero attached hydrogens (tertiary/aromatic N) is 1. The van der Waals surface area contributed by atoms with E-state index >= 15 is 0 Å². The van der Waals surface area contributed by atoms with Gasteiger partial charge in [0.05, 0.1) is 0 Å². The van der Waals surface area contributed by atoms with Crippen molar-refractivity contribution >= 4 is 12.0 Å². The number of aliphatic imine (C=N–C) groups is 1. The zero-order valence-electron chi connectivity index (χ0n) is 8.26. The fourth-order valence-electron chi connectivity index (χ4n) is 0.450. The predicted octanol–water partition coefficient (Wildman–Crippen LogP) is 2.27. The second-order valence-electron chi connectivity index (χ2n) is 1.60. The molecule has 0 saturated carbocycles. The molecule has 0 aliphatic carbocycles. The number of hydrogen-bond donors (Lipinski definition) is 0. The van der Waals surface area contributed by atoms with Gasteiger partial charge in [-0.1, -0.05) is 13.8 Å². The Morgan fingerprint density at radius 3 is 1.92 bits per heavy atom. The van der Waals surface area contributed by atoms with E-state index in [0.717, 1.165) is 0 Å². The molecule has 0 fully saturated rings. The van der Waals surface area contributed by atoms with Crippen LogP contribution in [0, 0.1) is 6.08 Å². The van der Waals surface area contributed by atoms with E-state index in [2.05, 4.69) is 17.3 Å². The van der Waals surface area contributed by atoms with E-state index in [9.17, 15) is 4.79 Å². The molecule has 0 radical (unpaired) electrons. The van der Waals surface area contributed by atoms with Crippen LogP contribution in [0.3, 0.4) is 0 Å². The van der Waals surface area contributed by atoms with Gasteiger partial charge < -0.3 is 15.9 Å². The van der Waals surface area contributed by atoms with Crippen LogP contribution in [-0.2, 0) is 25.9 Å². The second-order valence-corrected chi connectivity index (χ2v) is 1.60. The fourth-order valence-corrected chi connectivity index (χ4v) is 0.450. The summed E-state index contributed by atoms with van der Waals surface area (Å²) < 4.78 is 0. The minimum Gasteiger partial charge on any atom is -0.511 e. The first kappa shape index (κ1) is 17.7. The maximum atomic E-state index is 10.3. The Balaban J connectivity index is -0.000000249. The van der Waals surface area contributed by atoms with E-state index in [1.54, 1.807) is 13.8 Å². The first-order valence-corrected chi connectivity index (χ1v) is 3.65. The Labute approximate surface area is 89.4 Å². The summed E-state index contributed by atoms with van der Waals surface area (Å²) in [5.41, 5.74) is 0.574. The van der Waals surface area contributed by atoms with Gasteiger partial charge in [-0.15, -0.1) is 13.8 Å². The third-order valence-electron chi connectivity index (χ3n) is 0.636. The van der Waals surface area contributed by atoms with Gasteiger partial charge in [0.1, 0.15) is 0 Å². The minimum atomic E-state index is -0.105. The fraction of sp³-hybridized carbons (Fsp3) is 0.556. The predicted molar refractivity (Wildman–Crippen MR) is 47.6 cm³/mol. The number of carbonyl (C=O) groups is 1. The zero-order chi connectivity index (χ0) is 9.28. The van der Waals surface area contributed by atoms with Gasteiger partial charge in [-0.2, -0.15) is 6.21 Å². The van der Waals surface area contributed by atoms with Crippen LogP contribution in [0.2, 0.25) is 0 Å². The Bertz CT molecular complexity index is 162. The molecule has 0 unspecified atom stereocenters. The van der Waals surface area contributed by atoms with Crippen LogP contribution < -0.4 is 0 Å². The van der Waals surface area contributed by atoms with E-state index in [0.29, 0.717) is 5.70 Å². The molecule has 0 bridgehead atoms. The quantitative estimate of drug-likeness (QED) is 0.432. The largest absolute Gasteiger partial charge is 2.00 e. The van der Waals surface area contributed by atoms with Crippen molar-refractivity contribution in [3.8, 4) is 0 Å². The van der Waals surface area contributed by atoms with Crippen molar-refractivity contribution in [1.82, 2.24) is 0 Å². The van der Waals surface area contributed by atoms with Crippen LogP contribution >= 0.6 is 0 Å². The van der Waals surface area contributed by atoms with Crippen molar-refractivity contribution in [3.05, 3.63) is 11.8 Å². The summed E-state index contributed by atoms with van der Waals surface area (Å²) in [4.78, 5) is 14.0. The molecular weight excluding hydrogens is 322 g/mol. The van der Waals surface area contributed by atoms with Gasteiger partial charge in [0.2, 0.25) is 0 Å². The molecule has 0 aromatic rings. The molecule has 0 N–H and O–H groups in total. The summed E-state index contributed by atoms with van der Waals surface area (Å²) in [6.07, 6.45) is 5.04. The van der Waals surface area contributed by atoms with Gasteiger partial charge in [0.15, 0.2) is 0 Å². The molecule has 0 heterocycles. The summed E-state index contributed by atoms with van der Waals surface area (Å²) >= 11 is 0. The van der Waals surface area contributed by atoms with Crippen LogP contribution in [0.15, 0.2) is 10.7 Å². The van der Waals surface area contributed by atoms with Gasteiger partial charge in [-0.05, 0) is 12.7 Å². The molecule has 0 aliphatic heterocycles. The van der Waals surface area contributed by atoms with E-state index in [-0.39, 0.29) is 26.8 Å². The maximum Gasteiger partial charge on any atom is 2.00 e. The molecule has 0 rings (SSSR count). The first-order chi connectivity index (χ1) is 5.16. The smallest absolute Gasteiger partial charge is 0.511 e. The molecule has 0 atom stereocenters. The standard InChI is InChI=1S/C7H9NO.C2H6.W/c1-4-8-6(2)5-7(3)9;1-2;/h1-3H3;1-2H3;/q-2;;+2. The van der Waals surface area contributed by atoms with Crippen LogP contribution in [0.1, 0.15) is 34.6 Å². The van der Waals surface area contributed by atoms with Crippen molar-refractivity contribution in [2.75, 3.05) is 0 Å². The van der Waals surface area contributed by atoms with Gasteiger partial charge in [0, 0.05) is 0 Å². The molecule has 0 spiro atoms. The van der Waals surface area contributed by atoms with E-state index in [1.165, 1.54) is 6.92 Å². The SMILES string of the molecule is CC.C[C-]=NC(C)=[C-]C(C)=O.[W+2]. The number of carbonyl (C=O) groups excluding carboxylic acids is 1.